The van der Waals surface area contributed by atoms with Crippen LogP contribution in [0.2, 0.25) is 0 Å². The van der Waals surface area contributed by atoms with Gasteiger partial charge in [-0.15, -0.1) is 0 Å². The van der Waals surface area contributed by atoms with Crippen LogP contribution >= 0.6 is 0 Å². The van der Waals surface area contributed by atoms with Crippen molar-refractivity contribution in [2.24, 2.45) is 5.92 Å². The van der Waals surface area contributed by atoms with Gasteiger partial charge in [-0.2, -0.15) is 0 Å². The Kier molecular flexibility index (Phi) is 7.14. The molecule has 0 aromatic heterocycles. The van der Waals surface area contributed by atoms with Gasteiger partial charge in [0.2, 0.25) is 0 Å². The van der Waals surface area contributed by atoms with E-state index in [1.165, 1.54) is 22.3 Å². The Balaban J connectivity index is 1.52. The highest BCUT2D eigenvalue weighted by molar-refractivity contribution is 5.93. The predicted molar refractivity (Wildman–Crippen MR) is 153 cm³/mol. The normalized spacial score (nSPS) is 15.3. The van der Waals surface area contributed by atoms with Crippen molar-refractivity contribution in [1.82, 2.24) is 0 Å². The summed E-state index contributed by atoms with van der Waals surface area (Å²) in [7, 11) is 1.69. The van der Waals surface area contributed by atoms with Crippen molar-refractivity contribution in [3.8, 4) is 5.75 Å². The van der Waals surface area contributed by atoms with E-state index in [0.717, 1.165) is 29.2 Å². The number of rotatable bonds is 7. The molecule has 1 aliphatic carbocycles. The second-order valence-corrected chi connectivity index (χ2v) is 9.12. The van der Waals surface area contributed by atoms with E-state index in [4.69, 9.17) is 4.74 Å². The summed E-state index contributed by atoms with van der Waals surface area (Å²) in [5.74, 6) is 1.44. The molecule has 2 nitrogen and oxygen atoms in total. The molecule has 4 aromatic rings. The molecule has 0 fully saturated rings. The first-order chi connectivity index (χ1) is 17.7. The molecule has 1 aliphatic rings. The maximum absolute atomic E-state index is 5.37. The molecule has 0 N–H and O–H groups in total. The van der Waals surface area contributed by atoms with E-state index in [0.29, 0.717) is 5.92 Å². The van der Waals surface area contributed by atoms with Crippen LogP contribution in [0.5, 0.6) is 5.75 Å². The molecule has 1 atom stereocenters. The van der Waals surface area contributed by atoms with Gasteiger partial charge in [-0.25, -0.2) is 0 Å². The fourth-order valence-electron chi connectivity index (χ4n) is 4.52. The van der Waals surface area contributed by atoms with E-state index in [1.807, 2.05) is 18.2 Å². The second kappa shape index (κ2) is 11.0. The summed E-state index contributed by atoms with van der Waals surface area (Å²) in [6.45, 7) is 2.26. The lowest BCUT2D eigenvalue weighted by Crippen LogP contribution is -2.09. The van der Waals surface area contributed by atoms with Crippen LogP contribution in [-0.2, 0) is 0 Å². The van der Waals surface area contributed by atoms with Gasteiger partial charge in [-0.3, -0.25) is 0 Å². The quantitative estimate of drug-likeness (QED) is 0.250. The van der Waals surface area contributed by atoms with Crippen molar-refractivity contribution in [3.05, 3.63) is 144 Å². The topological polar surface area (TPSA) is 12.5 Å². The Hall–Kier alpha value is -4.30. The van der Waals surface area contributed by atoms with Gasteiger partial charge in [0.1, 0.15) is 5.75 Å². The van der Waals surface area contributed by atoms with E-state index in [-0.39, 0.29) is 0 Å². The highest BCUT2D eigenvalue weighted by atomic mass is 16.5. The minimum atomic E-state index is 0.590. The Morgan fingerprint density at radius 2 is 1.33 bits per heavy atom. The summed E-state index contributed by atoms with van der Waals surface area (Å²) in [6, 6.07) is 38.1. The summed E-state index contributed by atoms with van der Waals surface area (Å²) < 4.78 is 5.37. The Morgan fingerprint density at radius 3 is 1.92 bits per heavy atom. The van der Waals surface area contributed by atoms with E-state index in [1.54, 1.807) is 7.11 Å². The average molecular weight is 470 g/mol. The number of hydrogen-bond acceptors (Lipinski definition) is 2. The monoisotopic (exact) mass is 469 g/mol. The van der Waals surface area contributed by atoms with Gasteiger partial charge in [0.05, 0.1) is 7.11 Å². The van der Waals surface area contributed by atoms with Crippen LogP contribution in [0.15, 0.2) is 133 Å². The smallest absolute Gasteiger partial charge is 0.119 e. The molecule has 0 saturated carbocycles. The third kappa shape index (κ3) is 5.34. The zero-order chi connectivity index (χ0) is 24.7. The molecule has 5 rings (SSSR count). The van der Waals surface area contributed by atoms with E-state index in [2.05, 4.69) is 127 Å². The fraction of sp³-hybridized carbons (Fsp3) is 0.118. The van der Waals surface area contributed by atoms with Crippen molar-refractivity contribution in [2.75, 3.05) is 12.0 Å². The van der Waals surface area contributed by atoms with Crippen LogP contribution in [0.4, 0.5) is 17.1 Å². The summed E-state index contributed by atoms with van der Waals surface area (Å²) in [5.41, 5.74) is 8.25. The standard InChI is InChI=1S/C34H31NO/c1-26-13-17-29(18-14-26)34(28-9-5-3-6-10-28)25-27-15-19-31(20-16-27)35(30-11-7-4-8-12-30)32-21-23-33(36-2)24-22-32/h3-13,15-26H,14H2,1-2H3. The third-order valence-corrected chi connectivity index (χ3v) is 6.52. The molecule has 0 amide bonds. The Labute approximate surface area is 214 Å². The number of benzene rings is 4. The Bertz CT molecular complexity index is 1370. The van der Waals surface area contributed by atoms with Crippen molar-refractivity contribution in [3.63, 3.8) is 0 Å². The summed E-state index contributed by atoms with van der Waals surface area (Å²) in [5, 5.41) is 0. The van der Waals surface area contributed by atoms with Gasteiger partial charge in [0, 0.05) is 17.1 Å². The summed E-state index contributed by atoms with van der Waals surface area (Å²) in [4.78, 5) is 2.26. The third-order valence-electron chi connectivity index (χ3n) is 6.52. The highest BCUT2D eigenvalue weighted by Gasteiger charge is 2.13. The largest absolute Gasteiger partial charge is 0.497 e. The second-order valence-electron chi connectivity index (χ2n) is 9.12. The lowest BCUT2D eigenvalue weighted by atomic mass is 9.89. The van der Waals surface area contributed by atoms with Gasteiger partial charge in [-0.05, 0) is 89.2 Å². The van der Waals surface area contributed by atoms with E-state index < -0.39 is 0 Å². The van der Waals surface area contributed by atoms with Crippen molar-refractivity contribution in [1.29, 1.82) is 0 Å². The molecule has 2 heteroatoms. The molecule has 0 heterocycles. The number of ether oxygens (including phenoxy) is 1. The first kappa shape index (κ1) is 23.4. The van der Waals surface area contributed by atoms with Crippen molar-refractivity contribution < 1.29 is 4.74 Å². The van der Waals surface area contributed by atoms with Gasteiger partial charge < -0.3 is 9.64 Å². The molecule has 0 spiro atoms. The maximum Gasteiger partial charge on any atom is 0.119 e. The number of para-hydroxylation sites is 1. The van der Waals surface area contributed by atoms with E-state index >= 15 is 0 Å². The molecule has 0 aliphatic heterocycles. The zero-order valence-electron chi connectivity index (χ0n) is 20.8. The van der Waals surface area contributed by atoms with Gasteiger partial charge >= 0.3 is 0 Å². The molecule has 178 valence electrons. The number of nitrogens with zero attached hydrogens (tertiary/aromatic N) is 1. The van der Waals surface area contributed by atoms with Crippen LogP contribution in [0.1, 0.15) is 24.5 Å². The van der Waals surface area contributed by atoms with Crippen molar-refractivity contribution in [2.45, 2.75) is 13.3 Å². The van der Waals surface area contributed by atoms with Crippen LogP contribution in [0, 0.1) is 5.92 Å². The SMILES string of the molecule is COc1ccc(N(c2ccccc2)c2ccc(C=C(C3=CCC(C)C=C3)c3ccccc3)cc2)cc1. The number of hydrogen-bond donors (Lipinski definition) is 0. The number of methoxy groups -OCH3 is 1. The molecule has 4 aromatic carbocycles. The first-order valence-electron chi connectivity index (χ1n) is 12.5. The lowest BCUT2D eigenvalue weighted by Gasteiger charge is -2.25. The predicted octanol–water partition coefficient (Wildman–Crippen LogP) is 9.23. The molecule has 36 heavy (non-hydrogen) atoms. The Morgan fingerprint density at radius 1 is 0.750 bits per heavy atom. The zero-order valence-corrected chi connectivity index (χ0v) is 20.8. The fourth-order valence-corrected chi connectivity index (χ4v) is 4.52. The molecular formula is C34H31NO. The highest BCUT2D eigenvalue weighted by Crippen LogP contribution is 2.36. The van der Waals surface area contributed by atoms with Crippen LogP contribution in [-0.4, -0.2) is 7.11 Å². The average Bonchev–Trinajstić information content (AvgIpc) is 2.95. The van der Waals surface area contributed by atoms with E-state index in [9.17, 15) is 0 Å². The number of anilines is 3. The molecule has 1 unspecified atom stereocenters. The molecule has 0 radical (unpaired) electrons. The van der Waals surface area contributed by atoms with Crippen LogP contribution in [0.25, 0.3) is 11.6 Å². The summed E-state index contributed by atoms with van der Waals surface area (Å²) >= 11 is 0. The molecule has 0 saturated heterocycles. The van der Waals surface area contributed by atoms with Gasteiger partial charge in [-0.1, -0.05) is 85.8 Å². The first-order valence-corrected chi connectivity index (χ1v) is 12.5. The minimum Gasteiger partial charge on any atom is -0.497 e. The minimum absolute atomic E-state index is 0.590. The lowest BCUT2D eigenvalue weighted by molar-refractivity contribution is 0.415. The van der Waals surface area contributed by atoms with Gasteiger partial charge in [0.25, 0.3) is 0 Å². The summed E-state index contributed by atoms with van der Waals surface area (Å²) in [6.07, 6.45) is 10.3. The molecular weight excluding hydrogens is 438 g/mol. The van der Waals surface area contributed by atoms with Gasteiger partial charge in [0.15, 0.2) is 0 Å². The van der Waals surface area contributed by atoms with Crippen LogP contribution in [0.3, 0.4) is 0 Å². The van der Waals surface area contributed by atoms with Crippen LogP contribution < -0.4 is 9.64 Å². The maximum atomic E-state index is 5.37. The molecule has 0 bridgehead atoms. The van der Waals surface area contributed by atoms with Crippen molar-refractivity contribution >= 4 is 28.7 Å². The number of allylic oxidation sites excluding steroid dienone is 5.